The molecule has 2 N–H and O–H groups in total. The van der Waals surface area contributed by atoms with E-state index in [2.05, 4.69) is 5.32 Å². The summed E-state index contributed by atoms with van der Waals surface area (Å²) in [6.45, 7) is 7.46. The van der Waals surface area contributed by atoms with Crippen molar-refractivity contribution in [2.45, 2.75) is 45.8 Å². The topological polar surface area (TPSA) is 101 Å². The number of pyridine rings is 1. The van der Waals surface area contributed by atoms with Crippen LogP contribution in [0.4, 0.5) is 19.3 Å². The maximum atomic E-state index is 15.6. The molecule has 1 aromatic heterocycles. The van der Waals surface area contributed by atoms with Gasteiger partial charge < -0.3 is 24.6 Å². The van der Waals surface area contributed by atoms with Crippen LogP contribution < -0.4 is 15.6 Å². The first-order valence-electron chi connectivity index (χ1n) is 11.5. The van der Waals surface area contributed by atoms with Gasteiger partial charge in [0.05, 0.1) is 22.6 Å². The number of amides is 1. The Morgan fingerprint density at radius 2 is 1.83 bits per heavy atom. The van der Waals surface area contributed by atoms with E-state index in [0.29, 0.717) is 25.2 Å². The van der Waals surface area contributed by atoms with Crippen LogP contribution >= 0.6 is 0 Å². The normalized spacial score (nSPS) is 15.8. The largest absolute Gasteiger partial charge is 0.477 e. The molecule has 1 fully saturated rings. The molecule has 10 heteroatoms. The third-order valence-electron chi connectivity index (χ3n) is 6.03. The van der Waals surface area contributed by atoms with Crippen molar-refractivity contribution < 1.29 is 28.2 Å². The Hall–Kier alpha value is -3.95. The van der Waals surface area contributed by atoms with Crippen LogP contribution in [0.5, 0.6) is 0 Å². The lowest BCUT2D eigenvalue weighted by Crippen LogP contribution is -2.40. The van der Waals surface area contributed by atoms with Crippen molar-refractivity contribution >= 4 is 28.7 Å². The summed E-state index contributed by atoms with van der Waals surface area (Å²) >= 11 is 0. The number of anilines is 1. The number of aryl methyl sites for hydroxylation is 1. The highest BCUT2D eigenvalue weighted by atomic mass is 19.1. The van der Waals surface area contributed by atoms with Gasteiger partial charge in [0, 0.05) is 30.5 Å². The molecule has 1 aliphatic rings. The Morgan fingerprint density at radius 1 is 1.17 bits per heavy atom. The molecular formula is C26H27F2N3O5. The smallest absolute Gasteiger partial charge is 0.407 e. The van der Waals surface area contributed by atoms with Crippen LogP contribution in [0.15, 0.2) is 41.3 Å². The number of aromatic nitrogens is 1. The van der Waals surface area contributed by atoms with Crippen molar-refractivity contribution in [2.75, 3.05) is 18.0 Å². The maximum Gasteiger partial charge on any atom is 0.407 e. The second-order valence-electron chi connectivity index (χ2n) is 9.83. The molecule has 0 bridgehead atoms. The third kappa shape index (κ3) is 4.89. The molecule has 1 saturated heterocycles. The predicted molar refractivity (Wildman–Crippen MR) is 131 cm³/mol. The van der Waals surface area contributed by atoms with Gasteiger partial charge in [0.1, 0.15) is 22.8 Å². The van der Waals surface area contributed by atoms with Crippen LogP contribution in [0.25, 0.3) is 16.6 Å². The van der Waals surface area contributed by atoms with Crippen LogP contribution in [-0.4, -0.2) is 46.5 Å². The van der Waals surface area contributed by atoms with Gasteiger partial charge in [-0.25, -0.2) is 18.4 Å². The summed E-state index contributed by atoms with van der Waals surface area (Å²) in [6, 6.07) is 6.53. The number of alkyl carbamates (subject to hydrolysis) is 1. The van der Waals surface area contributed by atoms with Crippen LogP contribution in [0.3, 0.4) is 0 Å². The van der Waals surface area contributed by atoms with Gasteiger partial charge in [-0.2, -0.15) is 0 Å². The number of rotatable bonds is 4. The Labute approximate surface area is 206 Å². The van der Waals surface area contributed by atoms with E-state index >= 15 is 4.39 Å². The lowest BCUT2D eigenvalue weighted by molar-refractivity contribution is 0.0508. The van der Waals surface area contributed by atoms with Crippen LogP contribution in [0.1, 0.15) is 43.1 Å². The van der Waals surface area contributed by atoms with Crippen LogP contribution in [0, 0.1) is 18.6 Å². The molecule has 1 atom stereocenters. The molecule has 0 aliphatic carbocycles. The molecule has 3 aromatic rings. The molecular weight excluding hydrogens is 472 g/mol. The number of aromatic carboxylic acids is 1. The number of nitrogens with one attached hydrogen (secondary N) is 1. The van der Waals surface area contributed by atoms with Gasteiger partial charge in [-0.15, -0.1) is 0 Å². The second kappa shape index (κ2) is 9.25. The maximum absolute atomic E-state index is 15.6. The number of halogens is 2. The molecule has 8 nitrogen and oxygen atoms in total. The summed E-state index contributed by atoms with van der Waals surface area (Å²) < 4.78 is 35.9. The van der Waals surface area contributed by atoms with Crippen molar-refractivity contribution in [2.24, 2.45) is 0 Å². The lowest BCUT2D eigenvalue weighted by Gasteiger charge is -2.24. The summed E-state index contributed by atoms with van der Waals surface area (Å²) in [4.78, 5) is 38.7. The minimum absolute atomic E-state index is 0.00927. The van der Waals surface area contributed by atoms with Crippen molar-refractivity contribution in [3.8, 4) is 5.69 Å². The minimum Gasteiger partial charge on any atom is -0.477 e. The fourth-order valence-corrected chi connectivity index (χ4v) is 4.40. The Kier molecular flexibility index (Phi) is 6.46. The number of benzene rings is 2. The number of carbonyl (C=O) groups excluding carboxylic acids is 1. The average molecular weight is 500 g/mol. The van der Waals surface area contributed by atoms with Crippen LogP contribution in [-0.2, 0) is 4.74 Å². The summed E-state index contributed by atoms with van der Waals surface area (Å²) in [5.41, 5.74) is -1.06. The standard InChI is InChI=1S/C26H27F2N3O5/c1-14-21-19(31(13-18(23(21)32)24(33)34)17-7-5-15(27)6-8-17)11-20(22(14)28)30-10-9-16(12-30)29-25(35)36-26(2,3)4/h5-8,11,13,16H,9-10,12H2,1-4H3,(H,29,35)(H,33,34). The first kappa shape index (κ1) is 25.2. The highest BCUT2D eigenvalue weighted by Gasteiger charge is 2.29. The molecule has 190 valence electrons. The van der Waals surface area contributed by atoms with E-state index in [1.54, 1.807) is 25.7 Å². The zero-order valence-electron chi connectivity index (χ0n) is 20.4. The summed E-state index contributed by atoms with van der Waals surface area (Å²) in [5, 5.41) is 12.3. The number of carbonyl (C=O) groups is 2. The quantitative estimate of drug-likeness (QED) is 0.553. The number of carboxylic acids is 1. The molecule has 0 spiro atoms. The van der Waals surface area contributed by atoms with E-state index in [0.717, 1.165) is 6.20 Å². The molecule has 0 saturated carbocycles. The number of fused-ring (bicyclic) bond motifs is 1. The molecule has 2 aromatic carbocycles. The molecule has 2 heterocycles. The fraction of sp³-hybridized carbons (Fsp3) is 0.346. The van der Waals surface area contributed by atoms with E-state index in [4.69, 9.17) is 4.74 Å². The summed E-state index contributed by atoms with van der Waals surface area (Å²) in [5.74, 6) is -2.57. The molecule has 4 rings (SSSR count). The van der Waals surface area contributed by atoms with Crippen molar-refractivity contribution in [3.63, 3.8) is 0 Å². The van der Waals surface area contributed by atoms with Gasteiger partial charge in [0.2, 0.25) is 5.43 Å². The molecule has 1 amide bonds. The van der Waals surface area contributed by atoms with Gasteiger partial charge in [-0.1, -0.05) is 0 Å². The lowest BCUT2D eigenvalue weighted by atomic mass is 10.0. The average Bonchev–Trinajstić information content (AvgIpc) is 3.23. The Balaban J connectivity index is 1.79. The van der Waals surface area contributed by atoms with Crippen molar-refractivity contribution in [1.29, 1.82) is 0 Å². The van der Waals surface area contributed by atoms with Crippen molar-refractivity contribution in [1.82, 2.24) is 9.88 Å². The van der Waals surface area contributed by atoms with Gasteiger partial charge in [-0.3, -0.25) is 4.79 Å². The predicted octanol–water partition coefficient (Wildman–Crippen LogP) is 4.38. The van der Waals surface area contributed by atoms with E-state index in [-0.39, 0.29) is 28.2 Å². The van der Waals surface area contributed by atoms with Crippen LogP contribution in [0.2, 0.25) is 0 Å². The molecule has 1 aliphatic heterocycles. The monoisotopic (exact) mass is 499 g/mol. The number of carboxylic acid groups (broad SMARTS) is 1. The fourth-order valence-electron chi connectivity index (χ4n) is 4.40. The molecule has 36 heavy (non-hydrogen) atoms. The Morgan fingerprint density at radius 3 is 2.44 bits per heavy atom. The van der Waals surface area contributed by atoms with Gasteiger partial charge in [-0.05, 0) is 64.4 Å². The number of hydrogen-bond donors (Lipinski definition) is 2. The van der Waals surface area contributed by atoms with E-state index in [9.17, 15) is 23.9 Å². The first-order chi connectivity index (χ1) is 16.9. The van der Waals surface area contributed by atoms with E-state index in [1.165, 1.54) is 41.8 Å². The SMILES string of the molecule is Cc1c(F)c(N2CCC(NC(=O)OC(C)(C)C)C2)cc2c1c(=O)c(C(=O)O)cn2-c1ccc(F)cc1. The summed E-state index contributed by atoms with van der Waals surface area (Å²) in [7, 11) is 0. The van der Waals surface area contributed by atoms with E-state index in [1.807, 2.05) is 0 Å². The second-order valence-corrected chi connectivity index (χ2v) is 9.83. The van der Waals surface area contributed by atoms with Gasteiger partial charge in [0.15, 0.2) is 0 Å². The van der Waals surface area contributed by atoms with E-state index < -0.39 is 40.3 Å². The van der Waals surface area contributed by atoms with Crippen molar-refractivity contribution in [3.05, 3.63) is 69.5 Å². The third-order valence-corrected chi connectivity index (χ3v) is 6.03. The zero-order chi connectivity index (χ0) is 26.4. The molecule has 1 unspecified atom stereocenters. The molecule has 0 radical (unpaired) electrons. The summed E-state index contributed by atoms with van der Waals surface area (Å²) in [6.07, 6.45) is 1.16. The number of hydrogen-bond acceptors (Lipinski definition) is 5. The number of nitrogens with zero attached hydrogens (tertiary/aromatic N) is 2. The highest BCUT2D eigenvalue weighted by molar-refractivity contribution is 5.95. The zero-order valence-corrected chi connectivity index (χ0v) is 20.4. The van der Waals surface area contributed by atoms with Gasteiger partial charge >= 0.3 is 12.1 Å². The first-order valence-corrected chi connectivity index (χ1v) is 11.5. The Bertz CT molecular complexity index is 1410. The van der Waals surface area contributed by atoms with Gasteiger partial charge in [0.25, 0.3) is 0 Å². The minimum atomic E-state index is -1.45. The number of ether oxygens (including phenoxy) is 1. The highest BCUT2D eigenvalue weighted by Crippen LogP contribution is 2.32.